The van der Waals surface area contributed by atoms with E-state index in [-0.39, 0.29) is 17.7 Å². The predicted octanol–water partition coefficient (Wildman–Crippen LogP) is -0.497. The largest absolute Gasteiger partial charge is 0.392 e. The molecule has 3 N–H and O–H groups in total. The van der Waals surface area contributed by atoms with Gasteiger partial charge >= 0.3 is 5.69 Å². The third-order valence-corrected chi connectivity index (χ3v) is 3.89. The molecule has 0 aliphatic rings. The highest BCUT2D eigenvalue weighted by Gasteiger charge is 2.18. The number of aryl methyl sites for hydroxylation is 2. The maximum absolute atomic E-state index is 12.2. The molecule has 0 aromatic carbocycles. The van der Waals surface area contributed by atoms with Crippen LogP contribution in [-0.4, -0.2) is 46.4 Å². The number of nitrogens with one attached hydrogen (secondary N) is 2. The molecule has 1 atom stereocenters. The zero-order valence-corrected chi connectivity index (χ0v) is 14.1. The van der Waals surface area contributed by atoms with Crippen molar-refractivity contribution >= 4 is 17.1 Å². The van der Waals surface area contributed by atoms with Gasteiger partial charge in [-0.25, -0.2) is 9.78 Å². The van der Waals surface area contributed by atoms with Gasteiger partial charge in [-0.1, -0.05) is 0 Å². The van der Waals surface area contributed by atoms with Crippen molar-refractivity contribution in [1.29, 1.82) is 0 Å². The van der Waals surface area contributed by atoms with E-state index < -0.39 is 17.4 Å². The summed E-state index contributed by atoms with van der Waals surface area (Å²) in [6.45, 7) is 3.24. The summed E-state index contributed by atoms with van der Waals surface area (Å²) in [6.07, 6.45) is 5.52. The van der Waals surface area contributed by atoms with Crippen molar-refractivity contribution in [3.8, 4) is 0 Å². The molecule has 0 fully saturated rings. The zero-order chi connectivity index (χ0) is 18.0. The van der Waals surface area contributed by atoms with Gasteiger partial charge in [0.2, 0.25) is 5.95 Å². The molecule has 3 rings (SSSR count). The first kappa shape index (κ1) is 17.0. The molecule has 0 saturated heterocycles. The molecule has 3 aromatic rings. The average molecular weight is 347 g/mol. The Labute approximate surface area is 142 Å². The van der Waals surface area contributed by atoms with E-state index in [2.05, 4.69) is 20.3 Å². The molecule has 0 saturated carbocycles. The van der Waals surface area contributed by atoms with Crippen molar-refractivity contribution in [1.82, 2.24) is 28.7 Å². The van der Waals surface area contributed by atoms with Crippen molar-refractivity contribution < 1.29 is 5.11 Å². The van der Waals surface area contributed by atoms with Gasteiger partial charge in [-0.15, -0.1) is 0 Å². The third kappa shape index (κ3) is 3.48. The first-order valence-electron chi connectivity index (χ1n) is 8.04. The topological polar surface area (TPSA) is 123 Å². The summed E-state index contributed by atoms with van der Waals surface area (Å²) in [6, 6.07) is 0. The molecule has 0 unspecified atom stereocenters. The van der Waals surface area contributed by atoms with Gasteiger partial charge in [0.05, 0.1) is 19.0 Å². The fourth-order valence-electron chi connectivity index (χ4n) is 2.69. The monoisotopic (exact) mass is 347 g/mol. The molecule has 0 amide bonds. The van der Waals surface area contributed by atoms with Gasteiger partial charge in [-0.3, -0.25) is 14.3 Å². The van der Waals surface area contributed by atoms with Gasteiger partial charge < -0.3 is 19.6 Å². The molecule has 25 heavy (non-hydrogen) atoms. The van der Waals surface area contributed by atoms with Gasteiger partial charge in [-0.05, 0) is 13.3 Å². The van der Waals surface area contributed by atoms with Crippen LogP contribution in [0.5, 0.6) is 0 Å². The second-order valence-corrected chi connectivity index (χ2v) is 5.97. The van der Waals surface area contributed by atoms with E-state index in [1.54, 1.807) is 31.1 Å². The fraction of sp³-hybridized carbons (Fsp3) is 0.467. The molecule has 0 spiro atoms. The van der Waals surface area contributed by atoms with Crippen LogP contribution in [-0.2, 0) is 20.1 Å². The molecule has 0 aliphatic heterocycles. The van der Waals surface area contributed by atoms with Crippen molar-refractivity contribution in [2.45, 2.75) is 32.5 Å². The van der Waals surface area contributed by atoms with Crippen molar-refractivity contribution in [3.63, 3.8) is 0 Å². The number of aromatic amines is 1. The smallest absolute Gasteiger partial charge is 0.329 e. The van der Waals surface area contributed by atoms with Crippen molar-refractivity contribution in [2.75, 3.05) is 11.9 Å². The van der Waals surface area contributed by atoms with Crippen LogP contribution in [0.25, 0.3) is 11.2 Å². The SMILES string of the molecule is C[C@H](O)Cn1c(NCCCn2ccnc2)nc2c1c(=O)[nH]c(=O)n2C. The van der Waals surface area contributed by atoms with E-state index in [1.807, 2.05) is 10.8 Å². The van der Waals surface area contributed by atoms with Crippen molar-refractivity contribution in [2.24, 2.45) is 7.05 Å². The molecule has 10 nitrogen and oxygen atoms in total. The normalized spacial score (nSPS) is 12.6. The first-order valence-corrected chi connectivity index (χ1v) is 8.04. The summed E-state index contributed by atoms with van der Waals surface area (Å²) in [7, 11) is 1.54. The number of aromatic nitrogens is 6. The van der Waals surface area contributed by atoms with E-state index in [0.717, 1.165) is 13.0 Å². The lowest BCUT2D eigenvalue weighted by Gasteiger charge is -2.12. The number of fused-ring (bicyclic) bond motifs is 1. The molecular formula is C15H21N7O3. The van der Waals surface area contributed by atoms with E-state index in [0.29, 0.717) is 12.5 Å². The molecule has 0 bridgehead atoms. The summed E-state index contributed by atoms with van der Waals surface area (Å²) in [5, 5.41) is 12.9. The highest BCUT2D eigenvalue weighted by atomic mass is 16.3. The number of anilines is 1. The van der Waals surface area contributed by atoms with Crippen LogP contribution in [0, 0.1) is 0 Å². The fourth-order valence-corrected chi connectivity index (χ4v) is 2.69. The van der Waals surface area contributed by atoms with Crippen LogP contribution in [0.15, 0.2) is 28.3 Å². The second kappa shape index (κ2) is 6.93. The lowest BCUT2D eigenvalue weighted by Crippen LogP contribution is -2.29. The van der Waals surface area contributed by atoms with Gasteiger partial charge in [0.25, 0.3) is 5.56 Å². The number of nitrogens with zero attached hydrogens (tertiary/aromatic N) is 5. The summed E-state index contributed by atoms with van der Waals surface area (Å²) in [5.41, 5.74) is -0.491. The minimum atomic E-state index is -0.666. The van der Waals surface area contributed by atoms with Gasteiger partial charge in [0.1, 0.15) is 0 Å². The number of H-pyrrole nitrogens is 1. The van der Waals surface area contributed by atoms with E-state index >= 15 is 0 Å². The summed E-state index contributed by atoms with van der Waals surface area (Å²) >= 11 is 0. The van der Waals surface area contributed by atoms with Gasteiger partial charge in [0, 0.05) is 32.5 Å². The minimum Gasteiger partial charge on any atom is -0.392 e. The maximum Gasteiger partial charge on any atom is 0.329 e. The Morgan fingerprint density at radius 2 is 2.20 bits per heavy atom. The molecule has 3 heterocycles. The molecule has 10 heteroatoms. The van der Waals surface area contributed by atoms with Gasteiger partial charge in [-0.2, -0.15) is 4.98 Å². The predicted molar refractivity (Wildman–Crippen MR) is 92.6 cm³/mol. The number of aliphatic hydroxyl groups excluding tert-OH is 1. The van der Waals surface area contributed by atoms with Crippen LogP contribution in [0.3, 0.4) is 0 Å². The van der Waals surface area contributed by atoms with Gasteiger partial charge in [0.15, 0.2) is 11.2 Å². The molecule has 0 radical (unpaired) electrons. The number of imidazole rings is 2. The highest BCUT2D eigenvalue weighted by molar-refractivity contribution is 5.74. The number of hydrogen-bond donors (Lipinski definition) is 3. The zero-order valence-electron chi connectivity index (χ0n) is 14.1. The van der Waals surface area contributed by atoms with Crippen LogP contribution >= 0.6 is 0 Å². The Kier molecular flexibility index (Phi) is 4.70. The summed E-state index contributed by atoms with van der Waals surface area (Å²) in [5.74, 6) is 0.452. The van der Waals surface area contributed by atoms with E-state index in [1.165, 1.54) is 4.57 Å². The minimum absolute atomic E-state index is 0.196. The average Bonchev–Trinajstić information content (AvgIpc) is 3.17. The summed E-state index contributed by atoms with van der Waals surface area (Å²) in [4.78, 5) is 34.6. The van der Waals surface area contributed by atoms with Crippen LogP contribution in [0.1, 0.15) is 13.3 Å². The van der Waals surface area contributed by atoms with Crippen LogP contribution in [0.2, 0.25) is 0 Å². The number of hydrogen-bond acceptors (Lipinski definition) is 6. The van der Waals surface area contributed by atoms with E-state index in [9.17, 15) is 14.7 Å². The summed E-state index contributed by atoms with van der Waals surface area (Å²) < 4.78 is 4.86. The molecule has 3 aromatic heterocycles. The van der Waals surface area contributed by atoms with E-state index in [4.69, 9.17) is 0 Å². The Morgan fingerprint density at radius 1 is 1.40 bits per heavy atom. The molecule has 0 aliphatic carbocycles. The highest BCUT2D eigenvalue weighted by Crippen LogP contribution is 2.16. The lowest BCUT2D eigenvalue weighted by molar-refractivity contribution is 0.175. The van der Waals surface area contributed by atoms with Crippen molar-refractivity contribution in [3.05, 3.63) is 39.6 Å². The molecule has 134 valence electrons. The van der Waals surface area contributed by atoms with Crippen LogP contribution in [0.4, 0.5) is 5.95 Å². The number of aliphatic hydroxyl groups is 1. The Morgan fingerprint density at radius 3 is 2.88 bits per heavy atom. The number of rotatable bonds is 7. The Hall–Kier alpha value is -2.88. The second-order valence-electron chi connectivity index (χ2n) is 5.97. The first-order chi connectivity index (χ1) is 12.0. The molecular weight excluding hydrogens is 326 g/mol. The lowest BCUT2D eigenvalue weighted by atomic mass is 10.4. The Balaban J connectivity index is 1.87. The van der Waals surface area contributed by atoms with Crippen LogP contribution < -0.4 is 16.6 Å². The standard InChI is InChI=1S/C15H21N7O3/c1-10(23)8-22-11-12(20(2)15(25)19-13(11)24)18-14(22)17-4-3-6-21-7-5-16-9-21/h5,7,9-10,23H,3-4,6,8H2,1-2H3,(H,17,18)(H,19,24,25)/t10-/m0/s1. The quantitative estimate of drug-likeness (QED) is 0.495. The Bertz CT molecular complexity index is 966. The third-order valence-electron chi connectivity index (χ3n) is 3.89. The maximum atomic E-state index is 12.2.